The molecule has 2 saturated heterocycles. The highest BCUT2D eigenvalue weighted by atomic mass is 16.3. The zero-order valence-electron chi connectivity index (χ0n) is 13.9. The van der Waals surface area contributed by atoms with Crippen LogP contribution < -0.4 is 5.32 Å². The Labute approximate surface area is 142 Å². The van der Waals surface area contributed by atoms with Gasteiger partial charge in [-0.1, -0.05) is 12.1 Å². The molecule has 0 bridgehead atoms. The Morgan fingerprint density at radius 1 is 1.21 bits per heavy atom. The summed E-state index contributed by atoms with van der Waals surface area (Å²) in [4.78, 5) is 17.8. The smallest absolute Gasteiger partial charge is 0.222 e. The van der Waals surface area contributed by atoms with E-state index >= 15 is 0 Å². The molecule has 4 rings (SSSR count). The zero-order chi connectivity index (χ0) is 16.5. The summed E-state index contributed by atoms with van der Waals surface area (Å²) in [6.07, 6.45) is 4.11. The summed E-state index contributed by atoms with van der Waals surface area (Å²) in [6.45, 7) is 3.00. The van der Waals surface area contributed by atoms with E-state index in [2.05, 4.69) is 34.6 Å². The van der Waals surface area contributed by atoms with Crippen LogP contribution in [0.25, 0.3) is 10.9 Å². The quantitative estimate of drug-likeness (QED) is 0.806. The van der Waals surface area contributed by atoms with Crippen molar-refractivity contribution in [2.75, 3.05) is 26.2 Å². The van der Waals surface area contributed by atoms with Crippen molar-refractivity contribution in [3.05, 3.63) is 36.0 Å². The standard InChI is InChI=1S/C19H25N3O2/c23-18-12-20-11-14(18)10-19(24)22-8-5-13(6-9-22)15-2-1-3-17-16(15)4-7-21-17/h1-4,7,13-14,18,20-21,23H,5-6,8-12H2/t14-,18-/m1/s1. The van der Waals surface area contributed by atoms with Crippen LogP contribution in [0.2, 0.25) is 0 Å². The van der Waals surface area contributed by atoms with Crippen molar-refractivity contribution in [1.82, 2.24) is 15.2 Å². The number of aromatic nitrogens is 1. The molecule has 0 spiro atoms. The molecule has 0 radical (unpaired) electrons. The van der Waals surface area contributed by atoms with Gasteiger partial charge in [-0.3, -0.25) is 4.79 Å². The molecular formula is C19H25N3O2. The van der Waals surface area contributed by atoms with Gasteiger partial charge < -0.3 is 20.3 Å². The number of carbonyl (C=O) groups excluding carboxylic acids is 1. The van der Waals surface area contributed by atoms with Gasteiger partial charge in [0.15, 0.2) is 0 Å². The number of fused-ring (bicyclic) bond motifs is 1. The fourth-order valence-corrected chi connectivity index (χ4v) is 4.19. The molecule has 0 aliphatic carbocycles. The van der Waals surface area contributed by atoms with Crippen molar-refractivity contribution in [1.29, 1.82) is 0 Å². The zero-order valence-corrected chi connectivity index (χ0v) is 13.9. The van der Waals surface area contributed by atoms with E-state index in [0.29, 0.717) is 18.9 Å². The first kappa shape index (κ1) is 15.7. The van der Waals surface area contributed by atoms with Gasteiger partial charge in [0.05, 0.1) is 6.10 Å². The van der Waals surface area contributed by atoms with Crippen LogP contribution in [0.4, 0.5) is 0 Å². The first-order chi connectivity index (χ1) is 11.7. The number of hydrogen-bond acceptors (Lipinski definition) is 3. The average Bonchev–Trinajstić information content (AvgIpc) is 3.24. The van der Waals surface area contributed by atoms with Crippen LogP contribution in [-0.2, 0) is 4.79 Å². The van der Waals surface area contributed by atoms with Gasteiger partial charge in [0.1, 0.15) is 0 Å². The van der Waals surface area contributed by atoms with Gasteiger partial charge in [-0.25, -0.2) is 0 Å². The molecule has 1 aromatic heterocycles. The van der Waals surface area contributed by atoms with Crippen LogP contribution in [0.15, 0.2) is 30.5 Å². The molecule has 3 heterocycles. The fourth-order valence-electron chi connectivity index (χ4n) is 4.19. The Balaban J connectivity index is 1.38. The summed E-state index contributed by atoms with van der Waals surface area (Å²) in [6, 6.07) is 8.59. The maximum absolute atomic E-state index is 12.5. The topological polar surface area (TPSA) is 68.4 Å². The highest BCUT2D eigenvalue weighted by molar-refractivity contribution is 5.83. The molecule has 0 saturated carbocycles. The first-order valence-corrected chi connectivity index (χ1v) is 8.95. The van der Waals surface area contributed by atoms with E-state index < -0.39 is 0 Å². The van der Waals surface area contributed by atoms with E-state index in [0.717, 1.165) is 32.5 Å². The lowest BCUT2D eigenvalue weighted by Crippen LogP contribution is -2.39. The molecule has 5 nitrogen and oxygen atoms in total. The van der Waals surface area contributed by atoms with Gasteiger partial charge in [0.25, 0.3) is 0 Å². The number of piperidine rings is 1. The third-order valence-corrected chi connectivity index (χ3v) is 5.66. The predicted molar refractivity (Wildman–Crippen MR) is 93.8 cm³/mol. The third kappa shape index (κ3) is 2.94. The number of nitrogens with one attached hydrogen (secondary N) is 2. The van der Waals surface area contributed by atoms with E-state index in [1.807, 2.05) is 11.1 Å². The minimum absolute atomic E-state index is 0.0730. The van der Waals surface area contributed by atoms with Crippen molar-refractivity contribution in [2.45, 2.75) is 31.3 Å². The van der Waals surface area contributed by atoms with E-state index in [4.69, 9.17) is 0 Å². The molecule has 2 atom stereocenters. The van der Waals surface area contributed by atoms with Crippen molar-refractivity contribution in [2.24, 2.45) is 5.92 Å². The molecule has 24 heavy (non-hydrogen) atoms. The van der Waals surface area contributed by atoms with Gasteiger partial charge in [-0.05, 0) is 36.5 Å². The van der Waals surface area contributed by atoms with Gasteiger partial charge >= 0.3 is 0 Å². The van der Waals surface area contributed by atoms with Crippen LogP contribution in [0.1, 0.15) is 30.7 Å². The Bertz CT molecular complexity index is 718. The van der Waals surface area contributed by atoms with Crippen molar-refractivity contribution >= 4 is 16.8 Å². The number of aliphatic hydroxyl groups excluding tert-OH is 1. The van der Waals surface area contributed by atoms with Crippen LogP contribution in [0.3, 0.4) is 0 Å². The maximum atomic E-state index is 12.5. The summed E-state index contributed by atoms with van der Waals surface area (Å²) in [5, 5.41) is 14.3. The van der Waals surface area contributed by atoms with Crippen molar-refractivity contribution < 1.29 is 9.90 Å². The summed E-state index contributed by atoms with van der Waals surface area (Å²) in [5.74, 6) is 0.789. The second-order valence-electron chi connectivity index (χ2n) is 7.13. The third-order valence-electron chi connectivity index (χ3n) is 5.66. The number of carbonyl (C=O) groups is 1. The number of benzene rings is 1. The highest BCUT2D eigenvalue weighted by Crippen LogP contribution is 2.33. The monoisotopic (exact) mass is 327 g/mol. The second-order valence-corrected chi connectivity index (χ2v) is 7.13. The molecule has 0 unspecified atom stereocenters. The molecule has 1 aromatic carbocycles. The highest BCUT2D eigenvalue weighted by Gasteiger charge is 2.30. The fraction of sp³-hybridized carbons (Fsp3) is 0.526. The Morgan fingerprint density at radius 2 is 2.04 bits per heavy atom. The van der Waals surface area contributed by atoms with E-state index in [9.17, 15) is 9.90 Å². The largest absolute Gasteiger partial charge is 0.391 e. The summed E-state index contributed by atoms with van der Waals surface area (Å²) in [5.41, 5.74) is 2.59. The first-order valence-electron chi connectivity index (χ1n) is 8.95. The number of nitrogens with zero attached hydrogens (tertiary/aromatic N) is 1. The van der Waals surface area contributed by atoms with E-state index in [-0.39, 0.29) is 17.9 Å². The summed E-state index contributed by atoms with van der Waals surface area (Å²) >= 11 is 0. The molecule has 2 aliphatic rings. The predicted octanol–water partition coefficient (Wildman–Crippen LogP) is 1.84. The lowest BCUT2D eigenvalue weighted by molar-refractivity contribution is -0.133. The number of aliphatic hydroxyl groups is 1. The van der Waals surface area contributed by atoms with Crippen molar-refractivity contribution in [3.63, 3.8) is 0 Å². The van der Waals surface area contributed by atoms with Gasteiger partial charge in [0, 0.05) is 55.6 Å². The van der Waals surface area contributed by atoms with Crippen LogP contribution in [0, 0.1) is 5.92 Å². The summed E-state index contributed by atoms with van der Waals surface area (Å²) < 4.78 is 0. The number of hydrogen-bond donors (Lipinski definition) is 3. The number of H-pyrrole nitrogens is 1. The maximum Gasteiger partial charge on any atom is 0.222 e. The molecule has 1 amide bonds. The SMILES string of the molecule is O=C(C[C@@H]1CNC[C@H]1O)N1CCC(c2cccc3[nH]ccc23)CC1. The van der Waals surface area contributed by atoms with Gasteiger partial charge in [-0.2, -0.15) is 0 Å². The average molecular weight is 327 g/mol. The van der Waals surface area contributed by atoms with Gasteiger partial charge in [-0.15, -0.1) is 0 Å². The van der Waals surface area contributed by atoms with Crippen molar-refractivity contribution in [3.8, 4) is 0 Å². The molecule has 128 valence electrons. The van der Waals surface area contributed by atoms with E-state index in [1.54, 1.807) is 0 Å². The number of amides is 1. The Hall–Kier alpha value is -1.85. The minimum atomic E-state index is -0.377. The van der Waals surface area contributed by atoms with Crippen LogP contribution >= 0.6 is 0 Å². The number of aromatic amines is 1. The van der Waals surface area contributed by atoms with Gasteiger partial charge in [0.2, 0.25) is 5.91 Å². The lowest BCUT2D eigenvalue weighted by Gasteiger charge is -2.33. The molecule has 2 aliphatic heterocycles. The number of β-amino-alcohol motifs (C(OH)–C–C–N with tert-alkyl or cyclic N) is 1. The van der Waals surface area contributed by atoms with Crippen LogP contribution in [0.5, 0.6) is 0 Å². The Morgan fingerprint density at radius 3 is 2.79 bits per heavy atom. The second kappa shape index (κ2) is 6.57. The summed E-state index contributed by atoms with van der Waals surface area (Å²) in [7, 11) is 0. The minimum Gasteiger partial charge on any atom is -0.391 e. The normalized spacial score (nSPS) is 25.5. The molecule has 2 aromatic rings. The van der Waals surface area contributed by atoms with E-state index in [1.165, 1.54) is 16.5 Å². The number of rotatable bonds is 3. The molecular weight excluding hydrogens is 302 g/mol. The molecule has 2 fully saturated rings. The molecule has 3 N–H and O–H groups in total. The van der Waals surface area contributed by atoms with Crippen LogP contribution in [-0.4, -0.2) is 53.2 Å². The number of likely N-dealkylation sites (tertiary alicyclic amines) is 1. The lowest BCUT2D eigenvalue weighted by atomic mass is 9.87. The Kier molecular flexibility index (Phi) is 4.29. The molecule has 5 heteroatoms.